The predicted octanol–water partition coefficient (Wildman–Crippen LogP) is 0.641. The number of benzene rings is 1. The molecule has 0 aromatic heterocycles. The van der Waals surface area contributed by atoms with Gasteiger partial charge in [0, 0.05) is 4.47 Å². The molecule has 58 valence electrons. The first-order valence-electron chi connectivity index (χ1n) is 3.26. The molecule has 0 fully saturated rings. The Bertz CT molecular complexity index is 243. The second-order valence-corrected chi connectivity index (χ2v) is 3.07. The molecule has 11 heavy (non-hydrogen) atoms. The van der Waals surface area contributed by atoms with Crippen molar-refractivity contribution in [3.8, 4) is 0 Å². The van der Waals surface area contributed by atoms with Crippen LogP contribution in [0.5, 0.6) is 0 Å². The van der Waals surface area contributed by atoms with Gasteiger partial charge in [0.1, 0.15) is 0 Å². The van der Waals surface area contributed by atoms with Crippen molar-refractivity contribution in [1.82, 2.24) is 0 Å². The number of rotatable bonds is 2. The summed E-state index contributed by atoms with van der Waals surface area (Å²) in [6.45, 7) is 0. The number of nitrogens with one attached hydrogen (secondary N) is 1. The maximum Gasteiger partial charge on any atom is 0.153 e. The Morgan fingerprint density at radius 2 is 2.00 bits per heavy atom. The average Bonchev–Trinajstić information content (AvgIpc) is 2.04. The van der Waals surface area contributed by atoms with Gasteiger partial charge in [-0.1, -0.05) is 28.1 Å². The van der Waals surface area contributed by atoms with Crippen molar-refractivity contribution in [2.24, 2.45) is 0 Å². The Morgan fingerprint density at radius 3 is 2.55 bits per heavy atom. The summed E-state index contributed by atoms with van der Waals surface area (Å²) >= 11 is 3.33. The first-order chi connectivity index (χ1) is 5.33. The summed E-state index contributed by atoms with van der Waals surface area (Å²) in [7, 11) is 0. The Kier molecular flexibility index (Phi) is 3.11. The van der Waals surface area contributed by atoms with Gasteiger partial charge in [-0.25, -0.2) is 5.16 Å². The van der Waals surface area contributed by atoms with Crippen LogP contribution in [0.3, 0.4) is 0 Å². The lowest BCUT2D eigenvalue weighted by Crippen LogP contribution is -2.60. The monoisotopic (exact) mass is 213 g/mol. The van der Waals surface area contributed by atoms with E-state index in [2.05, 4.69) is 15.9 Å². The maximum atomic E-state index is 9.86. The molecule has 0 heterocycles. The lowest BCUT2D eigenvalue weighted by molar-refractivity contribution is -0.368. The van der Waals surface area contributed by atoms with Gasteiger partial charge in [0.25, 0.3) is 0 Å². The van der Waals surface area contributed by atoms with Crippen LogP contribution in [-0.2, 0) is 6.42 Å². The van der Waals surface area contributed by atoms with E-state index in [-0.39, 0.29) is 0 Å². The minimum Gasteiger partial charge on any atom is -0.626 e. The molecule has 2 nitrogen and oxygen atoms in total. The quantitative estimate of drug-likeness (QED) is 0.437. The zero-order chi connectivity index (χ0) is 8.10. The SMILES string of the molecule is [O-][NH+]=CCc1ccc(Br)cc1. The van der Waals surface area contributed by atoms with Crippen LogP contribution in [0, 0.1) is 5.21 Å². The molecular weight excluding hydrogens is 206 g/mol. The van der Waals surface area contributed by atoms with Crippen molar-refractivity contribution in [3.05, 3.63) is 39.5 Å². The van der Waals surface area contributed by atoms with Crippen LogP contribution in [-0.4, -0.2) is 6.21 Å². The molecule has 0 atom stereocenters. The summed E-state index contributed by atoms with van der Waals surface area (Å²) in [5.74, 6) is 0. The van der Waals surface area contributed by atoms with Gasteiger partial charge in [-0.15, -0.1) is 0 Å². The molecule has 0 radical (unpaired) electrons. The summed E-state index contributed by atoms with van der Waals surface area (Å²) in [5.41, 5.74) is 1.12. The fourth-order valence-electron chi connectivity index (χ4n) is 0.780. The molecule has 0 spiro atoms. The Morgan fingerprint density at radius 1 is 1.36 bits per heavy atom. The third kappa shape index (κ3) is 2.72. The summed E-state index contributed by atoms with van der Waals surface area (Å²) in [4.78, 5) is 0. The molecule has 3 heteroatoms. The van der Waals surface area contributed by atoms with E-state index in [0.29, 0.717) is 6.42 Å². The highest BCUT2D eigenvalue weighted by Gasteiger charge is 1.90. The van der Waals surface area contributed by atoms with E-state index in [0.717, 1.165) is 10.0 Å². The van der Waals surface area contributed by atoms with Crippen molar-refractivity contribution < 1.29 is 5.16 Å². The third-order valence-electron chi connectivity index (χ3n) is 1.33. The van der Waals surface area contributed by atoms with E-state index in [1.165, 1.54) is 6.21 Å². The Labute approximate surface area is 73.7 Å². The molecule has 1 N–H and O–H groups in total. The van der Waals surface area contributed by atoms with Crippen molar-refractivity contribution in [2.75, 3.05) is 0 Å². The summed E-state index contributed by atoms with van der Waals surface area (Å²) < 4.78 is 1.05. The smallest absolute Gasteiger partial charge is 0.153 e. The Hall–Kier alpha value is -0.830. The van der Waals surface area contributed by atoms with E-state index >= 15 is 0 Å². The van der Waals surface area contributed by atoms with E-state index < -0.39 is 0 Å². The highest BCUT2D eigenvalue weighted by atomic mass is 79.9. The van der Waals surface area contributed by atoms with Crippen LogP contribution in [0.25, 0.3) is 0 Å². The number of hydrogen-bond acceptors (Lipinski definition) is 1. The molecule has 0 saturated carbocycles. The van der Waals surface area contributed by atoms with Gasteiger partial charge in [0.15, 0.2) is 6.21 Å². The van der Waals surface area contributed by atoms with Crippen LogP contribution < -0.4 is 5.16 Å². The minimum absolute atomic E-state index is 0.663. The lowest BCUT2D eigenvalue weighted by Gasteiger charge is -1.93. The van der Waals surface area contributed by atoms with E-state index in [9.17, 15) is 5.21 Å². The van der Waals surface area contributed by atoms with Crippen molar-refractivity contribution in [2.45, 2.75) is 6.42 Å². The van der Waals surface area contributed by atoms with Gasteiger partial charge in [0.2, 0.25) is 0 Å². The molecule has 0 aliphatic rings. The highest BCUT2D eigenvalue weighted by molar-refractivity contribution is 9.10. The zero-order valence-corrected chi connectivity index (χ0v) is 7.47. The summed E-state index contributed by atoms with van der Waals surface area (Å²) in [5, 5.41) is 11.6. The van der Waals surface area contributed by atoms with Crippen molar-refractivity contribution in [3.63, 3.8) is 0 Å². The van der Waals surface area contributed by atoms with Gasteiger partial charge in [-0.3, -0.25) is 0 Å². The molecule has 0 bridgehead atoms. The second kappa shape index (κ2) is 4.13. The number of halogens is 1. The van der Waals surface area contributed by atoms with Crippen molar-refractivity contribution in [1.29, 1.82) is 0 Å². The highest BCUT2D eigenvalue weighted by Crippen LogP contribution is 2.09. The van der Waals surface area contributed by atoms with Gasteiger partial charge in [0.05, 0.1) is 6.42 Å². The van der Waals surface area contributed by atoms with Gasteiger partial charge < -0.3 is 5.21 Å². The summed E-state index contributed by atoms with van der Waals surface area (Å²) in [6, 6.07) is 7.85. The normalized spacial score (nSPS) is 10.6. The molecule has 0 aliphatic carbocycles. The van der Waals surface area contributed by atoms with Crippen LogP contribution >= 0.6 is 15.9 Å². The standard InChI is InChI=1S/C8H8BrNO/c9-8-3-1-7(2-4-8)5-6-10-11/h1-4,6,10H,5H2. The van der Waals surface area contributed by atoms with Gasteiger partial charge in [-0.05, 0) is 17.7 Å². The molecular formula is C8H8BrNO. The fourth-order valence-corrected chi connectivity index (χ4v) is 1.04. The van der Waals surface area contributed by atoms with E-state index in [1.807, 2.05) is 24.3 Å². The topological polar surface area (TPSA) is 37.0 Å². The van der Waals surface area contributed by atoms with Gasteiger partial charge in [-0.2, -0.15) is 0 Å². The average molecular weight is 214 g/mol. The van der Waals surface area contributed by atoms with E-state index in [1.54, 1.807) is 5.16 Å². The lowest BCUT2D eigenvalue weighted by atomic mass is 10.2. The predicted molar refractivity (Wildman–Crippen MR) is 48.2 cm³/mol. The van der Waals surface area contributed by atoms with Crippen LogP contribution in [0.15, 0.2) is 28.7 Å². The molecule has 1 aromatic rings. The first-order valence-corrected chi connectivity index (χ1v) is 4.06. The van der Waals surface area contributed by atoms with Crippen molar-refractivity contribution >= 4 is 22.1 Å². The maximum absolute atomic E-state index is 9.86. The molecule has 0 unspecified atom stereocenters. The zero-order valence-electron chi connectivity index (χ0n) is 5.88. The first kappa shape index (κ1) is 8.27. The van der Waals surface area contributed by atoms with Crippen LogP contribution in [0.1, 0.15) is 5.56 Å². The van der Waals surface area contributed by atoms with Crippen LogP contribution in [0.4, 0.5) is 0 Å². The molecule has 0 saturated heterocycles. The minimum atomic E-state index is 0.663. The molecule has 1 aromatic carbocycles. The summed E-state index contributed by atoms with van der Waals surface area (Å²) in [6.07, 6.45) is 2.14. The van der Waals surface area contributed by atoms with Gasteiger partial charge >= 0.3 is 0 Å². The fraction of sp³-hybridized carbons (Fsp3) is 0.125. The van der Waals surface area contributed by atoms with E-state index in [4.69, 9.17) is 0 Å². The molecule has 0 aliphatic heterocycles. The van der Waals surface area contributed by atoms with Crippen LogP contribution in [0.2, 0.25) is 0 Å². The molecule has 1 rings (SSSR count). The number of hydrogen-bond donors (Lipinski definition) is 1. The molecule has 0 amide bonds. The largest absolute Gasteiger partial charge is 0.626 e. The third-order valence-corrected chi connectivity index (χ3v) is 1.86. The Balaban J connectivity index is 2.66. The second-order valence-electron chi connectivity index (χ2n) is 2.15.